The van der Waals surface area contributed by atoms with Gasteiger partial charge in [0.2, 0.25) is 0 Å². The van der Waals surface area contributed by atoms with Crippen molar-refractivity contribution in [3.05, 3.63) is 153 Å². The van der Waals surface area contributed by atoms with Gasteiger partial charge in [-0.1, -0.05) is 62.4 Å². The molecule has 0 bridgehead atoms. The van der Waals surface area contributed by atoms with Crippen LogP contribution in [0.3, 0.4) is 0 Å². The number of carbonyl (C=O) groups is 1. The normalized spacial score (nSPS) is 15.8. The Balaban J connectivity index is 1.52. The van der Waals surface area contributed by atoms with Crippen molar-refractivity contribution in [3.63, 3.8) is 0 Å². The molecule has 0 atom stereocenters. The smallest absolute Gasteiger partial charge is 0.313 e. The lowest BCUT2D eigenvalue weighted by molar-refractivity contribution is -0.512. The first-order valence-corrected chi connectivity index (χ1v) is 18.8. The zero-order chi connectivity index (χ0) is 38.4. The first-order chi connectivity index (χ1) is 25.0. The number of carboxylic acids is 1. The second-order valence-electron chi connectivity index (χ2n) is 13.4. The van der Waals surface area contributed by atoms with Crippen LogP contribution in [0, 0.1) is 23.3 Å². The average molecular weight is 764 g/mol. The topological polar surface area (TPSA) is 97.9 Å². The van der Waals surface area contributed by atoms with Crippen molar-refractivity contribution in [2.24, 2.45) is 0 Å². The molecule has 4 aromatic carbocycles. The van der Waals surface area contributed by atoms with Crippen molar-refractivity contribution < 1.29 is 45.0 Å². The van der Waals surface area contributed by atoms with Crippen LogP contribution in [0.2, 0.25) is 0 Å². The molecule has 0 unspecified atom stereocenters. The van der Waals surface area contributed by atoms with Crippen molar-refractivity contribution in [3.8, 4) is 0 Å². The van der Waals surface area contributed by atoms with E-state index in [4.69, 9.17) is 5.11 Å². The third kappa shape index (κ3) is 7.33. The summed E-state index contributed by atoms with van der Waals surface area (Å²) in [7, 11) is -0.646. The summed E-state index contributed by atoms with van der Waals surface area (Å²) in [6.45, 7) is 4.80. The standard InChI is InChI=1S/C40H34F4N2O5S2/c1-40(2)30-18-25(45(3)20-23-8-6-5-7-9-23)12-16-28(30)33(34-35(41)37(43)39(38(44)36(34)42)52-22-32(47)48)29-17-13-26(19-31(29)40)46(4)21-24-10-14-27(15-11-24)53(49,50)51/h5-19H,20-22H2,1-4H3,(H-,47,48,49,50,51)/p+1. The van der Waals surface area contributed by atoms with E-state index in [0.717, 1.165) is 16.8 Å². The first kappa shape index (κ1) is 37.8. The highest BCUT2D eigenvalue weighted by molar-refractivity contribution is 8.00. The number of fused-ring (bicyclic) bond motifs is 2. The molecule has 2 aliphatic rings. The molecule has 4 aromatic rings. The number of carboxylic acid groups (broad SMARTS) is 1. The maximum atomic E-state index is 16.2. The van der Waals surface area contributed by atoms with Crippen LogP contribution in [0.5, 0.6) is 0 Å². The van der Waals surface area contributed by atoms with Gasteiger partial charge in [0, 0.05) is 48.0 Å². The summed E-state index contributed by atoms with van der Waals surface area (Å²) in [5.41, 5.74) is 3.53. The van der Waals surface area contributed by atoms with Crippen LogP contribution in [0.1, 0.15) is 41.7 Å². The molecule has 0 fully saturated rings. The number of anilines is 1. The van der Waals surface area contributed by atoms with Crippen molar-refractivity contribution >= 4 is 44.8 Å². The Morgan fingerprint density at radius 2 is 1.53 bits per heavy atom. The Labute approximate surface area is 309 Å². The van der Waals surface area contributed by atoms with Crippen molar-refractivity contribution in [2.45, 2.75) is 42.1 Å². The van der Waals surface area contributed by atoms with E-state index in [9.17, 15) is 17.8 Å². The predicted molar refractivity (Wildman–Crippen MR) is 197 cm³/mol. The number of benzene rings is 4. The van der Waals surface area contributed by atoms with Gasteiger partial charge in [-0.2, -0.15) is 8.42 Å². The Bertz CT molecular complexity index is 2360. The van der Waals surface area contributed by atoms with E-state index in [2.05, 4.69) is 0 Å². The molecule has 53 heavy (non-hydrogen) atoms. The van der Waals surface area contributed by atoms with E-state index < -0.39 is 61.0 Å². The predicted octanol–water partition coefficient (Wildman–Crippen LogP) is 8.18. The van der Waals surface area contributed by atoms with Gasteiger partial charge >= 0.3 is 5.97 Å². The van der Waals surface area contributed by atoms with Gasteiger partial charge in [0.25, 0.3) is 10.1 Å². The minimum absolute atomic E-state index is 0.0517. The third-order valence-corrected chi connectivity index (χ3v) is 11.4. The maximum Gasteiger partial charge on any atom is 0.313 e. The molecule has 0 aromatic heterocycles. The van der Waals surface area contributed by atoms with Crippen LogP contribution in [-0.4, -0.2) is 54.2 Å². The van der Waals surface area contributed by atoms with Gasteiger partial charge in [-0.3, -0.25) is 9.35 Å². The molecule has 6 rings (SSSR count). The van der Waals surface area contributed by atoms with E-state index in [1.807, 2.05) is 72.8 Å². The van der Waals surface area contributed by atoms with E-state index in [1.165, 1.54) is 12.1 Å². The molecule has 0 saturated heterocycles. The van der Waals surface area contributed by atoms with Crippen molar-refractivity contribution in [1.29, 1.82) is 0 Å². The minimum Gasteiger partial charge on any atom is -0.481 e. The monoisotopic (exact) mass is 763 g/mol. The van der Waals surface area contributed by atoms with Crippen LogP contribution in [-0.2, 0) is 33.4 Å². The Morgan fingerprint density at radius 3 is 2.13 bits per heavy atom. The van der Waals surface area contributed by atoms with Crippen LogP contribution in [0.4, 0.5) is 23.2 Å². The molecule has 0 radical (unpaired) electrons. The zero-order valence-electron chi connectivity index (χ0n) is 29.1. The summed E-state index contributed by atoms with van der Waals surface area (Å²) < 4.78 is 97.9. The van der Waals surface area contributed by atoms with Gasteiger partial charge in [-0.15, -0.1) is 11.8 Å². The number of halogens is 4. The van der Waals surface area contributed by atoms with Crippen LogP contribution < -0.4 is 4.90 Å². The van der Waals surface area contributed by atoms with Gasteiger partial charge in [-0.05, 0) is 58.2 Å². The fourth-order valence-corrected chi connectivity index (χ4v) is 7.92. The van der Waals surface area contributed by atoms with E-state index in [0.29, 0.717) is 41.1 Å². The number of nitrogens with zero attached hydrogens (tertiary/aromatic N) is 2. The number of allylic oxidation sites excluding steroid dienone is 5. The molecule has 0 heterocycles. The summed E-state index contributed by atoms with van der Waals surface area (Å²) in [4.78, 5) is 11.7. The Kier molecular flexibility index (Phi) is 10.3. The Hall–Kier alpha value is -4.98. The number of rotatable bonds is 10. The van der Waals surface area contributed by atoms with E-state index >= 15 is 17.6 Å². The van der Waals surface area contributed by atoms with E-state index in [-0.39, 0.29) is 22.2 Å². The lowest BCUT2D eigenvalue weighted by Gasteiger charge is -2.39. The minimum atomic E-state index is -4.37. The molecule has 274 valence electrons. The summed E-state index contributed by atoms with van der Waals surface area (Å²) in [5.74, 6) is -8.84. The number of aliphatic carboxylic acids is 1. The molecule has 2 aliphatic carbocycles. The highest BCUT2D eigenvalue weighted by Gasteiger charge is 2.41. The molecule has 0 saturated carbocycles. The number of hydrogen-bond donors (Lipinski definition) is 2. The van der Waals surface area contributed by atoms with Gasteiger partial charge < -0.3 is 10.0 Å². The highest BCUT2D eigenvalue weighted by Crippen LogP contribution is 2.52. The Morgan fingerprint density at radius 1 is 0.887 bits per heavy atom. The second kappa shape index (κ2) is 14.4. The molecular formula is C40H35F4N2O5S2+. The van der Waals surface area contributed by atoms with Gasteiger partial charge in [-0.25, -0.2) is 22.1 Å². The summed E-state index contributed by atoms with van der Waals surface area (Å²) in [6.07, 6.45) is 5.40. The number of thioether (sulfide) groups is 1. The number of hydrogen-bond acceptors (Lipinski definition) is 5. The molecule has 7 nitrogen and oxygen atoms in total. The van der Waals surface area contributed by atoms with Crippen molar-refractivity contribution in [1.82, 2.24) is 0 Å². The van der Waals surface area contributed by atoms with Gasteiger partial charge in [0.15, 0.2) is 35.5 Å². The van der Waals surface area contributed by atoms with Crippen LogP contribution in [0.25, 0.3) is 5.57 Å². The molecule has 2 N–H and O–H groups in total. The first-order valence-electron chi connectivity index (χ1n) is 16.4. The van der Waals surface area contributed by atoms with Crippen LogP contribution in [0.15, 0.2) is 112 Å². The fourth-order valence-electron chi connectivity index (χ4n) is 6.74. The summed E-state index contributed by atoms with van der Waals surface area (Å²) in [6, 6.07) is 20.8. The quantitative estimate of drug-likeness (QED) is 0.0553. The molecule has 13 heteroatoms. The lowest BCUT2D eigenvalue weighted by atomic mass is 9.64. The molecule has 0 amide bonds. The summed E-state index contributed by atoms with van der Waals surface area (Å²) in [5, 5.41) is 9.05. The second-order valence-corrected chi connectivity index (χ2v) is 15.8. The largest absolute Gasteiger partial charge is 0.481 e. The van der Waals surface area contributed by atoms with Crippen molar-refractivity contribution in [2.75, 3.05) is 24.7 Å². The summed E-state index contributed by atoms with van der Waals surface area (Å²) >= 11 is 0.158. The van der Waals surface area contributed by atoms with Gasteiger partial charge in [0.1, 0.15) is 7.05 Å². The maximum absolute atomic E-state index is 16.2. The SMILES string of the molecule is CN(Cc1ccc(S(=O)(=O)O)cc1)c1ccc2c(c1)C(C)(C)C1=CC(=[N+](C)Cc3ccccc3)C=CC1=C2c1c(F)c(F)c(SCC(=O)O)c(F)c1F. The van der Waals surface area contributed by atoms with Gasteiger partial charge in [0.05, 0.1) is 21.1 Å². The zero-order valence-corrected chi connectivity index (χ0v) is 30.8. The molecular weight excluding hydrogens is 729 g/mol. The third-order valence-electron chi connectivity index (χ3n) is 9.49. The molecule has 0 aliphatic heterocycles. The van der Waals surface area contributed by atoms with E-state index in [1.54, 1.807) is 43.5 Å². The lowest BCUT2D eigenvalue weighted by Crippen LogP contribution is -2.31. The average Bonchev–Trinajstić information content (AvgIpc) is 3.12. The molecule has 0 spiro atoms. The fraction of sp³-hybridized carbons (Fsp3) is 0.200. The highest BCUT2D eigenvalue weighted by atomic mass is 32.2. The van der Waals surface area contributed by atoms with Crippen LogP contribution >= 0.6 is 11.8 Å².